The monoisotopic (exact) mass is 283 g/mol. The van der Waals surface area contributed by atoms with Gasteiger partial charge in [0, 0.05) is 25.0 Å². The smallest absolute Gasteiger partial charge is 0.239 e. The number of nitrogens with zero attached hydrogens (tertiary/aromatic N) is 1. The Hall–Kier alpha value is -1.10. The minimum Gasteiger partial charge on any atom is -0.355 e. The van der Waals surface area contributed by atoms with E-state index >= 15 is 0 Å². The zero-order valence-corrected chi connectivity index (χ0v) is 12.9. The summed E-state index contributed by atoms with van der Waals surface area (Å²) in [5.41, 5.74) is 5.95. The summed E-state index contributed by atoms with van der Waals surface area (Å²) < 4.78 is 0. The van der Waals surface area contributed by atoms with Crippen molar-refractivity contribution < 1.29 is 9.59 Å². The van der Waals surface area contributed by atoms with Gasteiger partial charge in [0.15, 0.2) is 0 Å². The molecule has 0 bridgehead atoms. The highest BCUT2D eigenvalue weighted by molar-refractivity contribution is 5.86. The molecule has 0 aromatic heterocycles. The quantitative estimate of drug-likeness (QED) is 0.739. The van der Waals surface area contributed by atoms with E-state index in [1.807, 2.05) is 13.8 Å². The first-order valence-corrected chi connectivity index (χ1v) is 7.89. The molecule has 1 aliphatic rings. The first-order chi connectivity index (χ1) is 9.58. The molecule has 0 saturated heterocycles. The summed E-state index contributed by atoms with van der Waals surface area (Å²) in [4.78, 5) is 26.0. The second kappa shape index (κ2) is 8.95. The van der Waals surface area contributed by atoms with E-state index in [9.17, 15) is 9.59 Å². The lowest BCUT2D eigenvalue weighted by Crippen LogP contribution is -2.45. The lowest BCUT2D eigenvalue weighted by molar-refractivity contribution is -0.140. The summed E-state index contributed by atoms with van der Waals surface area (Å²) in [6.45, 7) is 5.53. The van der Waals surface area contributed by atoms with Gasteiger partial charge in [0.25, 0.3) is 0 Å². The molecule has 1 rings (SSSR count). The second-order valence-electron chi connectivity index (χ2n) is 5.73. The first-order valence-electron chi connectivity index (χ1n) is 7.89. The van der Waals surface area contributed by atoms with Gasteiger partial charge in [-0.15, -0.1) is 0 Å². The van der Waals surface area contributed by atoms with E-state index in [0.29, 0.717) is 13.1 Å². The van der Waals surface area contributed by atoms with Crippen molar-refractivity contribution in [1.82, 2.24) is 10.2 Å². The molecule has 1 fully saturated rings. The Balaban J connectivity index is 2.55. The number of rotatable bonds is 7. The molecule has 2 atom stereocenters. The molecule has 3 N–H and O–H groups in total. The number of nitrogens with one attached hydrogen (secondary N) is 1. The Morgan fingerprint density at radius 1 is 1.25 bits per heavy atom. The van der Waals surface area contributed by atoms with Crippen molar-refractivity contribution in [2.75, 3.05) is 19.6 Å². The zero-order valence-electron chi connectivity index (χ0n) is 12.9. The lowest BCUT2D eigenvalue weighted by Gasteiger charge is -2.31. The molecule has 2 amide bonds. The van der Waals surface area contributed by atoms with Gasteiger partial charge in [-0.2, -0.15) is 0 Å². The number of carbonyl (C=O) groups is 2. The highest BCUT2D eigenvalue weighted by Gasteiger charge is 2.29. The van der Waals surface area contributed by atoms with Gasteiger partial charge < -0.3 is 16.0 Å². The Morgan fingerprint density at radius 3 is 2.60 bits per heavy atom. The largest absolute Gasteiger partial charge is 0.355 e. The average molecular weight is 283 g/mol. The zero-order chi connectivity index (χ0) is 15.0. The molecule has 0 radical (unpaired) electrons. The first kappa shape index (κ1) is 17.0. The number of carbonyl (C=O) groups excluding carboxylic acids is 2. The van der Waals surface area contributed by atoms with E-state index in [4.69, 9.17) is 5.73 Å². The van der Waals surface area contributed by atoms with Crippen molar-refractivity contribution >= 4 is 11.8 Å². The van der Waals surface area contributed by atoms with Crippen LogP contribution in [0.2, 0.25) is 0 Å². The number of nitrogens with two attached hydrogens (primary N) is 1. The van der Waals surface area contributed by atoms with E-state index < -0.39 is 0 Å². The molecule has 0 heterocycles. The minimum absolute atomic E-state index is 0.00396. The standard InChI is InChI=1S/C15H29N3O2/c1-3-8-17-14(19)11-18(9-4-2)15(20)12-6-5-7-13(16)10-12/h12-13H,3-11,16H2,1-2H3,(H,17,19). The maximum absolute atomic E-state index is 12.5. The number of hydrogen-bond acceptors (Lipinski definition) is 3. The topological polar surface area (TPSA) is 75.4 Å². The summed E-state index contributed by atoms with van der Waals surface area (Å²) in [6, 6.07) is 0.134. The van der Waals surface area contributed by atoms with E-state index in [0.717, 1.165) is 38.5 Å². The molecule has 0 aromatic carbocycles. The van der Waals surface area contributed by atoms with Gasteiger partial charge >= 0.3 is 0 Å². The number of amides is 2. The van der Waals surface area contributed by atoms with Gasteiger partial charge in [-0.3, -0.25) is 9.59 Å². The van der Waals surface area contributed by atoms with Crippen LogP contribution in [0.1, 0.15) is 52.4 Å². The molecule has 2 unspecified atom stereocenters. The molecule has 1 aliphatic carbocycles. The Labute approximate surface area is 122 Å². The maximum Gasteiger partial charge on any atom is 0.239 e. The number of hydrogen-bond donors (Lipinski definition) is 2. The molecule has 0 spiro atoms. The second-order valence-corrected chi connectivity index (χ2v) is 5.73. The highest BCUT2D eigenvalue weighted by atomic mass is 16.2. The third-order valence-electron chi connectivity index (χ3n) is 3.78. The van der Waals surface area contributed by atoms with Crippen molar-refractivity contribution in [3.05, 3.63) is 0 Å². The van der Waals surface area contributed by atoms with Gasteiger partial charge in [-0.1, -0.05) is 20.3 Å². The van der Waals surface area contributed by atoms with Crippen LogP contribution in [0, 0.1) is 5.92 Å². The van der Waals surface area contributed by atoms with Crippen molar-refractivity contribution in [2.24, 2.45) is 11.7 Å². The summed E-state index contributed by atoms with van der Waals surface area (Å²) in [6.07, 6.45) is 5.46. The van der Waals surface area contributed by atoms with Gasteiger partial charge in [-0.25, -0.2) is 0 Å². The summed E-state index contributed by atoms with van der Waals surface area (Å²) >= 11 is 0. The highest BCUT2D eigenvalue weighted by Crippen LogP contribution is 2.25. The van der Waals surface area contributed by atoms with Crippen LogP contribution in [-0.2, 0) is 9.59 Å². The maximum atomic E-state index is 12.5. The summed E-state index contributed by atoms with van der Waals surface area (Å²) in [5, 5.41) is 2.83. The molecular formula is C15H29N3O2. The summed E-state index contributed by atoms with van der Waals surface area (Å²) in [7, 11) is 0. The van der Waals surface area contributed by atoms with Crippen LogP contribution in [0.5, 0.6) is 0 Å². The Morgan fingerprint density at radius 2 is 2.00 bits per heavy atom. The molecule has 0 aliphatic heterocycles. The predicted molar refractivity (Wildman–Crippen MR) is 80.1 cm³/mol. The van der Waals surface area contributed by atoms with Crippen LogP contribution in [0.25, 0.3) is 0 Å². The van der Waals surface area contributed by atoms with E-state index in [2.05, 4.69) is 5.32 Å². The molecular weight excluding hydrogens is 254 g/mol. The van der Waals surface area contributed by atoms with E-state index in [1.54, 1.807) is 4.90 Å². The van der Waals surface area contributed by atoms with Crippen molar-refractivity contribution in [2.45, 2.75) is 58.4 Å². The van der Waals surface area contributed by atoms with Gasteiger partial charge in [0.1, 0.15) is 0 Å². The van der Waals surface area contributed by atoms with E-state index in [-0.39, 0.29) is 30.3 Å². The van der Waals surface area contributed by atoms with E-state index in [1.165, 1.54) is 0 Å². The molecule has 20 heavy (non-hydrogen) atoms. The van der Waals surface area contributed by atoms with Crippen LogP contribution >= 0.6 is 0 Å². The van der Waals surface area contributed by atoms with Crippen molar-refractivity contribution in [3.63, 3.8) is 0 Å². The SMILES string of the molecule is CCCNC(=O)CN(CCC)C(=O)C1CCCC(N)C1. The van der Waals surface area contributed by atoms with Crippen LogP contribution < -0.4 is 11.1 Å². The van der Waals surface area contributed by atoms with Crippen molar-refractivity contribution in [1.29, 1.82) is 0 Å². The molecule has 5 heteroatoms. The fourth-order valence-corrected chi connectivity index (χ4v) is 2.74. The van der Waals surface area contributed by atoms with Crippen LogP contribution in [0.4, 0.5) is 0 Å². The minimum atomic E-state index is -0.0613. The van der Waals surface area contributed by atoms with Gasteiger partial charge in [0.2, 0.25) is 11.8 Å². The fourth-order valence-electron chi connectivity index (χ4n) is 2.74. The third-order valence-corrected chi connectivity index (χ3v) is 3.78. The van der Waals surface area contributed by atoms with Crippen LogP contribution in [-0.4, -0.2) is 42.4 Å². The van der Waals surface area contributed by atoms with Crippen LogP contribution in [0.3, 0.4) is 0 Å². The average Bonchev–Trinajstić information content (AvgIpc) is 2.44. The molecule has 116 valence electrons. The Kier molecular flexibility index (Phi) is 7.59. The van der Waals surface area contributed by atoms with Crippen LogP contribution in [0.15, 0.2) is 0 Å². The van der Waals surface area contributed by atoms with Gasteiger partial charge in [-0.05, 0) is 32.1 Å². The predicted octanol–water partition coefficient (Wildman–Crippen LogP) is 1.27. The normalized spacial score (nSPS) is 22.4. The third kappa shape index (κ3) is 5.49. The lowest BCUT2D eigenvalue weighted by atomic mass is 9.85. The molecule has 0 aromatic rings. The fraction of sp³-hybridized carbons (Fsp3) is 0.867. The van der Waals surface area contributed by atoms with Gasteiger partial charge in [0.05, 0.1) is 6.54 Å². The van der Waals surface area contributed by atoms with Crippen molar-refractivity contribution in [3.8, 4) is 0 Å². The Bertz CT molecular complexity index is 320. The summed E-state index contributed by atoms with van der Waals surface area (Å²) in [5.74, 6) is 0.0479. The molecule has 1 saturated carbocycles. The molecule has 5 nitrogen and oxygen atoms in total.